The molecule has 0 atom stereocenters. The van der Waals surface area contributed by atoms with Crippen LogP contribution in [0.4, 0.5) is 5.95 Å². The summed E-state index contributed by atoms with van der Waals surface area (Å²) in [5.74, 6) is 3.14. The highest BCUT2D eigenvalue weighted by Gasteiger charge is 2.15. The minimum atomic E-state index is 0.515. The largest absolute Gasteiger partial charge is 0.486 e. The molecule has 0 unspecified atom stereocenters. The maximum absolute atomic E-state index is 5.66. The van der Waals surface area contributed by atoms with Crippen molar-refractivity contribution in [1.82, 2.24) is 34.5 Å². The number of ether oxygens (including phenoxy) is 2. The number of nitrogens with one attached hydrogen (secondary N) is 1. The summed E-state index contributed by atoms with van der Waals surface area (Å²) < 4.78 is 13.0. The molecular formula is C24H20N8O2. The second-order valence-electron chi connectivity index (χ2n) is 7.74. The van der Waals surface area contributed by atoms with Crippen molar-refractivity contribution in [3.05, 3.63) is 72.4 Å². The summed E-state index contributed by atoms with van der Waals surface area (Å²) in [4.78, 5) is 22.2. The number of aromatic nitrogens is 7. The molecule has 5 heterocycles. The fourth-order valence-electron chi connectivity index (χ4n) is 3.78. The predicted molar refractivity (Wildman–Crippen MR) is 125 cm³/mol. The van der Waals surface area contributed by atoms with Crippen LogP contribution in [0.5, 0.6) is 11.5 Å². The van der Waals surface area contributed by atoms with Crippen LogP contribution in [-0.4, -0.2) is 47.7 Å². The Hall–Kier alpha value is -4.60. The Bertz CT molecular complexity index is 1490. The SMILES string of the molecule is Cc1c(-c2ccnc(NCc3ccc4c(c3)OCCO4)n2)cnc2nc(-c3cccnc3)nn12. The zero-order valence-corrected chi connectivity index (χ0v) is 18.3. The summed E-state index contributed by atoms with van der Waals surface area (Å²) in [5, 5.41) is 7.90. The number of rotatable bonds is 5. The van der Waals surface area contributed by atoms with Gasteiger partial charge >= 0.3 is 0 Å². The first-order valence-electron chi connectivity index (χ1n) is 10.8. The number of benzene rings is 1. The number of pyridine rings is 1. The van der Waals surface area contributed by atoms with E-state index in [1.54, 1.807) is 29.3 Å². The quantitative estimate of drug-likeness (QED) is 0.429. The summed E-state index contributed by atoms with van der Waals surface area (Å²) in [5.41, 5.74) is 4.35. The number of fused-ring (bicyclic) bond motifs is 2. The molecule has 1 aliphatic rings. The number of anilines is 1. The van der Waals surface area contributed by atoms with Crippen LogP contribution in [0, 0.1) is 6.92 Å². The van der Waals surface area contributed by atoms with Crippen molar-refractivity contribution in [2.45, 2.75) is 13.5 Å². The van der Waals surface area contributed by atoms with E-state index in [0.717, 1.165) is 39.6 Å². The van der Waals surface area contributed by atoms with Crippen LogP contribution in [-0.2, 0) is 6.54 Å². The molecular weight excluding hydrogens is 432 g/mol. The smallest absolute Gasteiger partial charge is 0.252 e. The van der Waals surface area contributed by atoms with E-state index in [1.165, 1.54) is 0 Å². The van der Waals surface area contributed by atoms with Gasteiger partial charge in [-0.1, -0.05) is 6.07 Å². The Morgan fingerprint density at radius 3 is 2.76 bits per heavy atom. The number of nitrogens with zero attached hydrogens (tertiary/aromatic N) is 7. The lowest BCUT2D eigenvalue weighted by atomic mass is 10.2. The van der Waals surface area contributed by atoms with Gasteiger partial charge in [0.05, 0.1) is 11.4 Å². The topological polar surface area (TPSA) is 112 Å². The lowest BCUT2D eigenvalue weighted by Crippen LogP contribution is -2.15. The van der Waals surface area contributed by atoms with Crippen LogP contribution in [0.2, 0.25) is 0 Å². The van der Waals surface area contributed by atoms with Crippen molar-refractivity contribution in [2.75, 3.05) is 18.5 Å². The van der Waals surface area contributed by atoms with Crippen molar-refractivity contribution in [3.63, 3.8) is 0 Å². The van der Waals surface area contributed by atoms with E-state index in [1.807, 2.05) is 43.3 Å². The second kappa shape index (κ2) is 8.39. The standard InChI is InChI=1S/C24H20N8O2/c1-15-18(14-28-24-30-22(31-32(15)24)17-3-2-7-25-13-17)19-6-8-26-23(29-19)27-12-16-4-5-20-21(11-16)34-10-9-33-20/h2-8,11,13-14H,9-10,12H2,1H3,(H,26,27,29). The Labute approximate surface area is 194 Å². The van der Waals surface area contributed by atoms with E-state index in [2.05, 4.69) is 35.3 Å². The van der Waals surface area contributed by atoms with Gasteiger partial charge in [-0.05, 0) is 42.8 Å². The van der Waals surface area contributed by atoms with Gasteiger partial charge < -0.3 is 14.8 Å². The molecule has 34 heavy (non-hydrogen) atoms. The summed E-state index contributed by atoms with van der Waals surface area (Å²) in [7, 11) is 0. The Morgan fingerprint density at radius 1 is 0.971 bits per heavy atom. The van der Waals surface area contributed by atoms with Crippen molar-refractivity contribution < 1.29 is 9.47 Å². The highest BCUT2D eigenvalue weighted by Crippen LogP contribution is 2.31. The Morgan fingerprint density at radius 2 is 1.88 bits per heavy atom. The van der Waals surface area contributed by atoms with Gasteiger partial charge in [-0.15, -0.1) is 5.10 Å². The van der Waals surface area contributed by atoms with E-state index < -0.39 is 0 Å². The van der Waals surface area contributed by atoms with Crippen LogP contribution in [0.3, 0.4) is 0 Å². The highest BCUT2D eigenvalue weighted by molar-refractivity contribution is 5.64. The predicted octanol–water partition coefficient (Wildman–Crippen LogP) is 3.34. The van der Waals surface area contributed by atoms with Gasteiger partial charge in [-0.2, -0.15) is 4.98 Å². The van der Waals surface area contributed by atoms with Gasteiger partial charge in [0.25, 0.3) is 5.78 Å². The molecule has 1 aromatic carbocycles. The first kappa shape index (κ1) is 20.0. The van der Waals surface area contributed by atoms with Crippen molar-refractivity contribution >= 4 is 11.7 Å². The van der Waals surface area contributed by atoms with Crippen LogP contribution in [0.1, 0.15) is 11.3 Å². The molecule has 4 aromatic heterocycles. The van der Waals surface area contributed by atoms with Gasteiger partial charge in [0.2, 0.25) is 5.95 Å². The van der Waals surface area contributed by atoms with Gasteiger partial charge in [0.15, 0.2) is 17.3 Å². The van der Waals surface area contributed by atoms with E-state index in [0.29, 0.717) is 37.3 Å². The second-order valence-corrected chi connectivity index (χ2v) is 7.74. The molecule has 0 bridgehead atoms. The molecule has 1 N–H and O–H groups in total. The first-order valence-corrected chi connectivity index (χ1v) is 10.8. The first-order chi connectivity index (χ1) is 16.7. The van der Waals surface area contributed by atoms with Gasteiger partial charge in [0.1, 0.15) is 13.2 Å². The van der Waals surface area contributed by atoms with E-state index in [-0.39, 0.29) is 0 Å². The molecule has 0 saturated heterocycles. The molecule has 0 saturated carbocycles. The number of hydrogen-bond donors (Lipinski definition) is 1. The maximum atomic E-state index is 5.66. The maximum Gasteiger partial charge on any atom is 0.252 e. The van der Waals surface area contributed by atoms with Crippen LogP contribution in [0.15, 0.2) is 61.2 Å². The molecule has 0 amide bonds. The average Bonchev–Trinajstić information content (AvgIpc) is 3.34. The summed E-state index contributed by atoms with van der Waals surface area (Å²) in [6.07, 6.45) is 6.93. The van der Waals surface area contributed by atoms with Crippen molar-refractivity contribution in [3.8, 4) is 34.1 Å². The van der Waals surface area contributed by atoms with Crippen molar-refractivity contribution in [1.29, 1.82) is 0 Å². The molecule has 0 fully saturated rings. The number of aryl methyl sites for hydroxylation is 1. The molecule has 0 aliphatic carbocycles. The third-order valence-corrected chi connectivity index (χ3v) is 5.52. The zero-order valence-electron chi connectivity index (χ0n) is 18.3. The molecule has 5 aromatic rings. The van der Waals surface area contributed by atoms with Crippen LogP contribution in [0.25, 0.3) is 28.4 Å². The monoisotopic (exact) mass is 452 g/mol. The summed E-state index contributed by atoms with van der Waals surface area (Å²) in [6.45, 7) is 3.65. The minimum Gasteiger partial charge on any atom is -0.486 e. The van der Waals surface area contributed by atoms with Gasteiger partial charge in [-0.3, -0.25) is 4.98 Å². The van der Waals surface area contributed by atoms with Crippen molar-refractivity contribution in [2.24, 2.45) is 0 Å². The third-order valence-electron chi connectivity index (χ3n) is 5.52. The van der Waals surface area contributed by atoms with Crippen LogP contribution < -0.4 is 14.8 Å². The number of hydrogen-bond acceptors (Lipinski definition) is 9. The van der Waals surface area contributed by atoms with E-state index in [9.17, 15) is 0 Å². The average molecular weight is 452 g/mol. The van der Waals surface area contributed by atoms with Crippen LogP contribution >= 0.6 is 0 Å². The lowest BCUT2D eigenvalue weighted by Gasteiger charge is -2.19. The van der Waals surface area contributed by atoms with Gasteiger partial charge in [0, 0.05) is 42.5 Å². The minimum absolute atomic E-state index is 0.515. The van der Waals surface area contributed by atoms with Gasteiger partial charge in [-0.25, -0.2) is 19.5 Å². The summed E-state index contributed by atoms with van der Waals surface area (Å²) >= 11 is 0. The molecule has 10 nitrogen and oxygen atoms in total. The van der Waals surface area contributed by atoms with E-state index >= 15 is 0 Å². The third kappa shape index (κ3) is 3.75. The molecule has 6 rings (SSSR count). The zero-order chi connectivity index (χ0) is 22.9. The highest BCUT2D eigenvalue weighted by atomic mass is 16.6. The lowest BCUT2D eigenvalue weighted by molar-refractivity contribution is 0.171. The molecule has 0 radical (unpaired) electrons. The summed E-state index contributed by atoms with van der Waals surface area (Å²) in [6, 6.07) is 11.5. The fourth-order valence-corrected chi connectivity index (χ4v) is 3.78. The Balaban J connectivity index is 1.26. The molecule has 1 aliphatic heterocycles. The molecule has 10 heteroatoms. The molecule has 0 spiro atoms. The Kier molecular flexibility index (Phi) is 4.95. The van der Waals surface area contributed by atoms with E-state index in [4.69, 9.17) is 9.47 Å². The normalized spacial score (nSPS) is 12.6. The molecule has 168 valence electrons. The fraction of sp³-hybridized carbons (Fsp3) is 0.167.